The second kappa shape index (κ2) is 10.8. The van der Waals surface area contributed by atoms with Crippen molar-refractivity contribution in [1.29, 1.82) is 0 Å². The SMILES string of the molecule is COc1ccc(F)cc1C(=O)NCc1ccc(-c2nc([C@]3(C)CC[C@](C)(C(=O)OC)CC3)n3ccnc(N)c23)cc1. The number of fused-ring (bicyclic) bond motifs is 1. The maximum absolute atomic E-state index is 13.7. The number of nitrogens with zero attached hydrogens (tertiary/aromatic N) is 3. The van der Waals surface area contributed by atoms with Crippen molar-refractivity contribution in [2.75, 3.05) is 20.0 Å². The van der Waals surface area contributed by atoms with Crippen LogP contribution in [0.15, 0.2) is 54.9 Å². The smallest absolute Gasteiger partial charge is 0.311 e. The number of ether oxygens (including phenoxy) is 2. The highest BCUT2D eigenvalue weighted by Gasteiger charge is 2.45. The van der Waals surface area contributed by atoms with Gasteiger partial charge in [0.25, 0.3) is 5.91 Å². The molecule has 10 heteroatoms. The van der Waals surface area contributed by atoms with Gasteiger partial charge in [-0.05, 0) is 56.4 Å². The summed E-state index contributed by atoms with van der Waals surface area (Å²) in [5.41, 5.74) is 8.87. The number of carbonyl (C=O) groups excluding carboxylic acids is 2. The molecule has 2 aromatic heterocycles. The van der Waals surface area contributed by atoms with Gasteiger partial charge in [-0.25, -0.2) is 14.4 Å². The Morgan fingerprint density at radius 3 is 2.44 bits per heavy atom. The zero-order valence-corrected chi connectivity index (χ0v) is 23.7. The largest absolute Gasteiger partial charge is 0.496 e. The number of benzene rings is 2. The number of hydrogen-bond acceptors (Lipinski definition) is 7. The number of anilines is 1. The number of nitrogens with two attached hydrogens (primary N) is 1. The van der Waals surface area contributed by atoms with E-state index < -0.39 is 17.1 Å². The molecule has 0 bridgehead atoms. The lowest BCUT2D eigenvalue weighted by atomic mass is 9.65. The zero-order chi connectivity index (χ0) is 29.4. The van der Waals surface area contributed by atoms with Gasteiger partial charge in [0.15, 0.2) is 0 Å². The van der Waals surface area contributed by atoms with Gasteiger partial charge in [0.05, 0.1) is 25.2 Å². The van der Waals surface area contributed by atoms with E-state index in [2.05, 4.69) is 17.2 Å². The van der Waals surface area contributed by atoms with Crippen molar-refractivity contribution in [2.24, 2.45) is 5.41 Å². The van der Waals surface area contributed by atoms with Gasteiger partial charge >= 0.3 is 5.97 Å². The fourth-order valence-electron chi connectivity index (χ4n) is 5.63. The summed E-state index contributed by atoms with van der Waals surface area (Å²) in [5, 5.41) is 2.82. The van der Waals surface area contributed by atoms with Crippen LogP contribution in [0.2, 0.25) is 0 Å². The minimum Gasteiger partial charge on any atom is -0.496 e. The molecule has 4 aromatic rings. The summed E-state index contributed by atoms with van der Waals surface area (Å²) in [6, 6.07) is 11.5. The quantitative estimate of drug-likeness (QED) is 0.303. The number of nitrogen functional groups attached to an aromatic ring is 1. The first-order chi connectivity index (χ1) is 19.6. The summed E-state index contributed by atoms with van der Waals surface area (Å²) in [7, 11) is 2.87. The van der Waals surface area contributed by atoms with Gasteiger partial charge in [-0.2, -0.15) is 0 Å². The van der Waals surface area contributed by atoms with E-state index in [1.54, 1.807) is 6.20 Å². The Labute approximate surface area is 237 Å². The molecule has 1 fully saturated rings. The maximum atomic E-state index is 13.7. The van der Waals surface area contributed by atoms with Gasteiger partial charge in [-0.3, -0.25) is 14.0 Å². The van der Waals surface area contributed by atoms with Crippen LogP contribution in [0.25, 0.3) is 16.8 Å². The first-order valence-electron chi connectivity index (χ1n) is 13.5. The Bertz CT molecular complexity index is 1610. The average Bonchev–Trinajstić information content (AvgIpc) is 3.39. The van der Waals surface area contributed by atoms with Crippen molar-refractivity contribution in [3.8, 4) is 17.0 Å². The van der Waals surface area contributed by atoms with Gasteiger partial charge in [-0.15, -0.1) is 0 Å². The molecule has 0 radical (unpaired) electrons. The van der Waals surface area contributed by atoms with Gasteiger partial charge in [0, 0.05) is 29.9 Å². The molecule has 0 saturated heterocycles. The molecule has 1 saturated carbocycles. The Morgan fingerprint density at radius 1 is 1.07 bits per heavy atom. The molecule has 0 unspecified atom stereocenters. The van der Waals surface area contributed by atoms with Crippen molar-refractivity contribution in [2.45, 2.75) is 51.5 Å². The highest BCUT2D eigenvalue weighted by Crippen LogP contribution is 2.48. The molecule has 3 N–H and O–H groups in total. The third-order valence-electron chi connectivity index (χ3n) is 8.34. The number of rotatable bonds is 7. The van der Waals surface area contributed by atoms with E-state index in [1.165, 1.54) is 26.4 Å². The Balaban J connectivity index is 1.39. The van der Waals surface area contributed by atoms with Crippen molar-refractivity contribution >= 4 is 23.2 Å². The summed E-state index contributed by atoms with van der Waals surface area (Å²) in [6.45, 7) is 4.39. The number of hydrogen-bond donors (Lipinski definition) is 2. The number of imidazole rings is 1. The highest BCUT2D eigenvalue weighted by atomic mass is 19.1. The van der Waals surface area contributed by atoms with E-state index in [-0.39, 0.29) is 23.5 Å². The predicted octanol–water partition coefficient (Wildman–Crippen LogP) is 5.07. The van der Waals surface area contributed by atoms with E-state index in [4.69, 9.17) is 20.2 Å². The maximum Gasteiger partial charge on any atom is 0.311 e. The lowest BCUT2D eigenvalue weighted by Crippen LogP contribution is -2.39. The first kappa shape index (κ1) is 28.1. The number of halogens is 1. The lowest BCUT2D eigenvalue weighted by Gasteiger charge is -2.40. The molecule has 1 aliphatic carbocycles. The van der Waals surface area contributed by atoms with Gasteiger partial charge in [-0.1, -0.05) is 31.2 Å². The molecule has 5 rings (SSSR count). The minimum atomic E-state index is -0.514. The third kappa shape index (κ3) is 5.21. The van der Waals surface area contributed by atoms with Crippen molar-refractivity contribution in [3.63, 3.8) is 0 Å². The topological polar surface area (TPSA) is 121 Å². The fraction of sp³-hybridized carbons (Fsp3) is 0.355. The Kier molecular flexibility index (Phi) is 7.42. The summed E-state index contributed by atoms with van der Waals surface area (Å²) in [6.07, 6.45) is 6.48. The van der Waals surface area contributed by atoms with Crippen LogP contribution in [-0.4, -0.2) is 40.5 Å². The molecular weight excluding hydrogens is 525 g/mol. The second-order valence-corrected chi connectivity index (χ2v) is 11.2. The van der Waals surface area contributed by atoms with Crippen LogP contribution >= 0.6 is 0 Å². The van der Waals surface area contributed by atoms with Gasteiger partial charge < -0.3 is 20.5 Å². The molecule has 1 amide bonds. The van der Waals surface area contributed by atoms with Crippen molar-refractivity contribution in [3.05, 3.63) is 77.6 Å². The van der Waals surface area contributed by atoms with Crippen LogP contribution in [0.5, 0.6) is 5.75 Å². The number of aromatic nitrogens is 3. The number of esters is 1. The number of carbonyl (C=O) groups is 2. The molecule has 214 valence electrons. The fourth-order valence-corrected chi connectivity index (χ4v) is 5.63. The molecule has 2 heterocycles. The molecule has 9 nitrogen and oxygen atoms in total. The summed E-state index contributed by atoms with van der Waals surface area (Å²) in [5.74, 6) is 0.435. The molecule has 2 aromatic carbocycles. The lowest BCUT2D eigenvalue weighted by molar-refractivity contribution is -0.154. The molecule has 41 heavy (non-hydrogen) atoms. The van der Waals surface area contributed by atoms with Crippen LogP contribution in [0.3, 0.4) is 0 Å². The van der Waals surface area contributed by atoms with Gasteiger partial charge in [0.1, 0.15) is 34.4 Å². The Morgan fingerprint density at radius 2 is 1.78 bits per heavy atom. The van der Waals surface area contributed by atoms with E-state index in [9.17, 15) is 14.0 Å². The van der Waals surface area contributed by atoms with Crippen molar-refractivity contribution < 1.29 is 23.5 Å². The van der Waals surface area contributed by atoms with Crippen LogP contribution in [0, 0.1) is 11.2 Å². The highest BCUT2D eigenvalue weighted by molar-refractivity contribution is 5.97. The minimum absolute atomic E-state index is 0.132. The van der Waals surface area contributed by atoms with Crippen molar-refractivity contribution in [1.82, 2.24) is 19.7 Å². The van der Waals surface area contributed by atoms with E-state index >= 15 is 0 Å². The standard InChI is InChI=1S/C31H34FN5O4/c1-30(11-13-31(2,14-12-30)29(39)41-4)28-36-24(25-26(33)34-15-16-37(25)28)20-7-5-19(6-8-20)18-35-27(38)22-17-21(32)9-10-23(22)40-3/h5-10,15-17H,11-14,18H2,1-4H3,(H2,33,34)(H,35,38)/t30-,31+. The van der Waals surface area contributed by atoms with Crippen LogP contribution in [0.1, 0.15) is 61.3 Å². The number of methoxy groups -OCH3 is 2. The van der Waals surface area contributed by atoms with Gasteiger partial charge in [0.2, 0.25) is 0 Å². The molecule has 0 spiro atoms. The molecule has 0 atom stereocenters. The molecule has 0 aliphatic heterocycles. The van der Waals surface area contributed by atoms with E-state index in [0.29, 0.717) is 30.1 Å². The van der Waals surface area contributed by atoms with Crippen LogP contribution < -0.4 is 15.8 Å². The van der Waals surface area contributed by atoms with E-state index in [1.807, 2.05) is 41.8 Å². The first-order valence-corrected chi connectivity index (χ1v) is 13.5. The predicted molar refractivity (Wildman–Crippen MR) is 153 cm³/mol. The molecule has 1 aliphatic rings. The number of amides is 1. The Hall–Kier alpha value is -4.47. The van der Waals surface area contributed by atoms with Crippen LogP contribution in [-0.2, 0) is 21.5 Å². The second-order valence-electron chi connectivity index (χ2n) is 11.2. The number of nitrogens with one attached hydrogen (secondary N) is 1. The normalized spacial score (nSPS) is 20.5. The zero-order valence-electron chi connectivity index (χ0n) is 23.7. The van der Waals surface area contributed by atoms with E-state index in [0.717, 1.165) is 41.4 Å². The molecular formula is C31H34FN5O4. The monoisotopic (exact) mass is 559 g/mol. The summed E-state index contributed by atoms with van der Waals surface area (Å²) >= 11 is 0. The van der Waals surface area contributed by atoms with Crippen LogP contribution in [0.4, 0.5) is 10.2 Å². The average molecular weight is 560 g/mol. The third-order valence-corrected chi connectivity index (χ3v) is 8.34. The summed E-state index contributed by atoms with van der Waals surface area (Å²) < 4.78 is 26.0. The summed E-state index contributed by atoms with van der Waals surface area (Å²) in [4.78, 5) is 34.5.